The van der Waals surface area contributed by atoms with Gasteiger partial charge in [0.15, 0.2) is 0 Å². The molecule has 0 aliphatic heterocycles. The Balaban J connectivity index is 1.67. The van der Waals surface area contributed by atoms with Crippen molar-refractivity contribution >= 4 is 72.7 Å². The van der Waals surface area contributed by atoms with E-state index in [-0.39, 0.29) is 67.9 Å². The van der Waals surface area contributed by atoms with Gasteiger partial charge in [-0.25, -0.2) is 32.6 Å². The van der Waals surface area contributed by atoms with Crippen LogP contribution < -0.4 is 61.0 Å². The molecule has 6 N–H and O–H groups in total. The first kappa shape index (κ1) is 52.1. The zero-order valence-corrected chi connectivity index (χ0v) is 38.7. The van der Waals surface area contributed by atoms with Crippen LogP contribution in [0.25, 0.3) is 0 Å². The van der Waals surface area contributed by atoms with Crippen molar-refractivity contribution < 1.29 is 57.2 Å². The molecule has 69 heavy (non-hydrogen) atoms. The van der Waals surface area contributed by atoms with Gasteiger partial charge in [-0.05, 0) is 92.1 Å². The standard InChI is InChI=1S/C45H48N12O12/c1-10-46-52-40(58)28-16-37(67-7)31(19-34(28)64-4)43(61)55-49-22-25-13-26(23-50-56-44(62)32-20-35(65-5)29(17-38(32)68-8)41(59)53-47-11-2)15-27(14-25)24-51-57-45(63)33-21-36(66-6)30(18-39(33)69-9)42(60)54-48-12-3/h10-24H,1-9H3,(H,52,58)(H,53,59)(H,54,60)(H,55,61)(H,56,62)(H,57,63)/b46-10+,47-11+,48-12+,49-22+,50-23+,51-24+. The minimum atomic E-state index is -0.727. The molecule has 24 heteroatoms. The van der Waals surface area contributed by atoms with Gasteiger partial charge in [0.05, 0.1) is 94.7 Å². The van der Waals surface area contributed by atoms with E-state index in [2.05, 4.69) is 63.2 Å². The predicted molar refractivity (Wildman–Crippen MR) is 255 cm³/mol. The van der Waals surface area contributed by atoms with Crippen LogP contribution in [0.3, 0.4) is 0 Å². The van der Waals surface area contributed by atoms with E-state index in [9.17, 15) is 28.8 Å². The summed E-state index contributed by atoms with van der Waals surface area (Å²) >= 11 is 0. The number of benzene rings is 4. The SMILES string of the molecule is C/C=N/NC(=O)c1cc(OC)c(C(=O)N/N=C/c2cc(/C=N/NC(=O)c3cc(OC)c(C(=O)N/N=C/C)cc3OC)cc(/C=N/NC(=O)c3cc(OC)c(C(=O)N/N=C/C)cc3OC)c2)cc1OC. The number of rotatable bonds is 21. The Kier molecular flexibility index (Phi) is 19.5. The third-order valence-corrected chi connectivity index (χ3v) is 9.06. The van der Waals surface area contributed by atoms with Crippen molar-refractivity contribution in [1.82, 2.24) is 32.6 Å². The molecule has 4 rings (SSSR count). The number of hydrazone groups is 6. The molecule has 0 saturated heterocycles. The van der Waals surface area contributed by atoms with E-state index in [1.54, 1.807) is 39.0 Å². The van der Waals surface area contributed by atoms with Crippen LogP contribution in [0, 0.1) is 0 Å². The average molecular weight is 949 g/mol. The molecule has 0 saturated carbocycles. The topological polar surface area (TPSA) is 304 Å². The van der Waals surface area contributed by atoms with Crippen molar-refractivity contribution in [2.24, 2.45) is 30.6 Å². The molecular weight excluding hydrogens is 901 g/mol. The van der Waals surface area contributed by atoms with E-state index in [0.29, 0.717) is 16.7 Å². The van der Waals surface area contributed by atoms with E-state index in [4.69, 9.17) is 28.4 Å². The maximum absolute atomic E-state index is 13.4. The number of ether oxygens (including phenoxy) is 6. The monoisotopic (exact) mass is 948 g/mol. The molecular formula is C45H48N12O12. The van der Waals surface area contributed by atoms with Crippen LogP contribution in [0.15, 0.2) is 85.2 Å². The summed E-state index contributed by atoms with van der Waals surface area (Å²) in [7, 11) is 7.92. The van der Waals surface area contributed by atoms with Gasteiger partial charge in [-0.1, -0.05) is 0 Å². The zero-order chi connectivity index (χ0) is 50.5. The summed E-state index contributed by atoms with van der Waals surface area (Å²) in [5.74, 6) is -3.71. The molecule has 0 atom stereocenters. The van der Waals surface area contributed by atoms with Crippen molar-refractivity contribution in [3.63, 3.8) is 0 Å². The first-order chi connectivity index (χ1) is 33.3. The number of amides is 6. The highest BCUT2D eigenvalue weighted by atomic mass is 16.5. The normalized spacial score (nSPS) is 11.3. The fourth-order valence-corrected chi connectivity index (χ4v) is 5.91. The molecule has 0 bridgehead atoms. The second kappa shape index (κ2) is 25.9. The number of hydrogen-bond donors (Lipinski definition) is 6. The lowest BCUT2D eigenvalue weighted by molar-refractivity contribution is 0.0938. The van der Waals surface area contributed by atoms with Crippen LogP contribution in [-0.2, 0) is 0 Å². The summed E-state index contributed by atoms with van der Waals surface area (Å²) in [6, 6.07) is 12.6. The minimum absolute atomic E-state index is 0.0159. The van der Waals surface area contributed by atoms with Crippen molar-refractivity contribution in [2.45, 2.75) is 20.8 Å². The molecule has 4 aromatic rings. The quantitative estimate of drug-likeness (QED) is 0.0518. The Morgan fingerprint density at radius 2 is 0.493 bits per heavy atom. The molecule has 360 valence electrons. The minimum Gasteiger partial charge on any atom is -0.496 e. The Hall–Kier alpha value is -9.48. The van der Waals surface area contributed by atoms with Crippen LogP contribution in [0.1, 0.15) is 99.6 Å². The van der Waals surface area contributed by atoms with Gasteiger partial charge in [-0.15, -0.1) is 0 Å². The smallest absolute Gasteiger partial charge is 0.275 e. The van der Waals surface area contributed by atoms with E-state index in [1.165, 1.54) is 116 Å². The number of carbonyl (C=O) groups is 6. The van der Waals surface area contributed by atoms with Gasteiger partial charge in [0, 0.05) is 18.6 Å². The van der Waals surface area contributed by atoms with Gasteiger partial charge in [0.25, 0.3) is 35.4 Å². The summed E-state index contributed by atoms with van der Waals surface area (Å²) in [5.41, 5.74) is 15.5. The zero-order valence-electron chi connectivity index (χ0n) is 38.7. The Bertz CT molecular complexity index is 2460. The molecule has 0 unspecified atom stereocenters. The Labute approximate surface area is 394 Å². The average Bonchev–Trinajstić information content (AvgIpc) is 3.37. The first-order valence-corrected chi connectivity index (χ1v) is 20.1. The number of hydrogen-bond acceptors (Lipinski definition) is 18. The van der Waals surface area contributed by atoms with Crippen LogP contribution in [0.5, 0.6) is 34.5 Å². The fraction of sp³-hybridized carbons (Fsp3) is 0.200. The van der Waals surface area contributed by atoms with Gasteiger partial charge in [0.2, 0.25) is 0 Å². The highest BCUT2D eigenvalue weighted by Gasteiger charge is 2.23. The number of nitrogens with one attached hydrogen (secondary N) is 6. The van der Waals surface area contributed by atoms with E-state index < -0.39 is 35.4 Å². The summed E-state index contributed by atoms with van der Waals surface area (Å²) in [5, 5.41) is 23.5. The van der Waals surface area contributed by atoms with Crippen molar-refractivity contribution in [3.8, 4) is 34.5 Å². The fourth-order valence-electron chi connectivity index (χ4n) is 5.91. The summed E-state index contributed by atoms with van der Waals surface area (Å²) in [6.07, 6.45) is 8.02. The van der Waals surface area contributed by atoms with Crippen LogP contribution in [0.2, 0.25) is 0 Å². The Morgan fingerprint density at radius 1 is 0.319 bits per heavy atom. The van der Waals surface area contributed by atoms with Crippen LogP contribution >= 0.6 is 0 Å². The van der Waals surface area contributed by atoms with Gasteiger partial charge in [-0.2, -0.15) is 30.6 Å². The number of nitrogens with zero attached hydrogens (tertiary/aromatic N) is 6. The van der Waals surface area contributed by atoms with E-state index in [1.807, 2.05) is 0 Å². The third-order valence-electron chi connectivity index (χ3n) is 9.06. The lowest BCUT2D eigenvalue weighted by atomic mass is 10.1. The molecule has 4 aromatic carbocycles. The van der Waals surface area contributed by atoms with Gasteiger partial charge < -0.3 is 28.4 Å². The molecule has 0 heterocycles. The summed E-state index contributed by atoms with van der Waals surface area (Å²) < 4.78 is 32.2. The van der Waals surface area contributed by atoms with Crippen molar-refractivity contribution in [2.75, 3.05) is 42.7 Å². The van der Waals surface area contributed by atoms with Crippen LogP contribution in [0.4, 0.5) is 0 Å². The maximum Gasteiger partial charge on any atom is 0.275 e. The second-order valence-electron chi connectivity index (χ2n) is 13.3. The molecule has 0 aromatic heterocycles. The number of carbonyl (C=O) groups excluding carboxylic acids is 6. The van der Waals surface area contributed by atoms with Gasteiger partial charge in [-0.3, -0.25) is 28.8 Å². The van der Waals surface area contributed by atoms with Gasteiger partial charge >= 0.3 is 0 Å². The second-order valence-corrected chi connectivity index (χ2v) is 13.3. The molecule has 0 aliphatic rings. The molecule has 0 fully saturated rings. The largest absolute Gasteiger partial charge is 0.496 e. The van der Waals surface area contributed by atoms with Gasteiger partial charge in [0.1, 0.15) is 34.5 Å². The Morgan fingerprint density at radius 3 is 0.652 bits per heavy atom. The van der Waals surface area contributed by atoms with Crippen LogP contribution in [-0.4, -0.2) is 115 Å². The van der Waals surface area contributed by atoms with Crippen molar-refractivity contribution in [1.29, 1.82) is 0 Å². The lowest BCUT2D eigenvalue weighted by Crippen LogP contribution is -2.22. The third kappa shape index (κ3) is 13.8. The predicted octanol–water partition coefficient (Wildman–Crippen LogP) is 3.24. The highest BCUT2D eigenvalue weighted by molar-refractivity contribution is 6.05. The highest BCUT2D eigenvalue weighted by Crippen LogP contribution is 2.31. The first-order valence-electron chi connectivity index (χ1n) is 20.1. The molecule has 0 spiro atoms. The summed E-state index contributed by atoms with van der Waals surface area (Å²) in [4.78, 5) is 78.1. The summed E-state index contributed by atoms with van der Waals surface area (Å²) in [6.45, 7) is 4.85. The van der Waals surface area contributed by atoms with Crippen molar-refractivity contribution in [3.05, 3.63) is 105 Å². The maximum atomic E-state index is 13.4. The molecule has 24 nitrogen and oxygen atoms in total. The molecule has 6 amide bonds. The van der Waals surface area contributed by atoms with E-state index in [0.717, 1.165) is 0 Å². The lowest BCUT2D eigenvalue weighted by Gasteiger charge is -2.13. The van der Waals surface area contributed by atoms with E-state index >= 15 is 0 Å². The molecule has 0 radical (unpaired) electrons. The number of methoxy groups -OCH3 is 6. The molecule has 0 aliphatic carbocycles.